The van der Waals surface area contributed by atoms with Gasteiger partial charge in [0.25, 0.3) is 0 Å². The number of aromatic nitrogens is 1. The third-order valence-electron chi connectivity index (χ3n) is 6.93. The first-order valence-electron chi connectivity index (χ1n) is 15.0. The van der Waals surface area contributed by atoms with Crippen LogP contribution >= 0.6 is 11.3 Å². The van der Waals surface area contributed by atoms with Crippen LogP contribution in [0.3, 0.4) is 0 Å². The Morgan fingerprint density at radius 3 is 2.53 bits per heavy atom. The molecule has 216 valence electrons. The van der Waals surface area contributed by atoms with Gasteiger partial charge in [-0.2, -0.15) is 0 Å². The van der Waals surface area contributed by atoms with Crippen LogP contribution in [0.4, 0.5) is 0 Å². The van der Waals surface area contributed by atoms with Gasteiger partial charge in [0.2, 0.25) is 6.41 Å². The summed E-state index contributed by atoms with van der Waals surface area (Å²) in [6.07, 6.45) is 14.0. The predicted molar refractivity (Wildman–Crippen MR) is 167 cm³/mol. The van der Waals surface area contributed by atoms with Crippen molar-refractivity contribution in [1.29, 1.82) is 0 Å². The molecule has 0 spiro atoms. The van der Waals surface area contributed by atoms with Gasteiger partial charge in [-0.25, -0.2) is 0 Å². The van der Waals surface area contributed by atoms with Gasteiger partial charge in [-0.1, -0.05) is 54.0 Å². The zero-order valence-corrected chi connectivity index (χ0v) is 26.1. The van der Waals surface area contributed by atoms with Crippen LogP contribution in [-0.2, 0) is 16.0 Å². The molecule has 0 bridgehead atoms. The van der Waals surface area contributed by atoms with Crippen molar-refractivity contribution in [3.05, 3.63) is 45.9 Å². The van der Waals surface area contributed by atoms with Crippen molar-refractivity contribution < 1.29 is 9.53 Å². The third-order valence-corrected chi connectivity index (χ3v) is 7.77. The molecule has 0 aliphatic carbocycles. The van der Waals surface area contributed by atoms with Gasteiger partial charge in [-0.3, -0.25) is 4.79 Å². The van der Waals surface area contributed by atoms with Crippen molar-refractivity contribution in [2.45, 2.75) is 106 Å². The number of rotatable bonds is 14. The minimum atomic E-state index is 0.196. The van der Waals surface area contributed by atoms with E-state index in [9.17, 15) is 4.79 Å². The van der Waals surface area contributed by atoms with Crippen molar-refractivity contribution >= 4 is 29.9 Å². The number of carbonyl (C=O) groups is 1. The average molecular weight is 546 g/mol. The fourth-order valence-corrected chi connectivity index (χ4v) is 5.17. The lowest BCUT2D eigenvalue weighted by molar-refractivity contribution is -0.109. The molecule has 1 aliphatic heterocycles. The number of nitrogens with zero attached hydrogens (tertiary/aromatic N) is 2. The normalized spacial score (nSPS) is 17.9. The molecule has 3 rings (SSSR count). The number of aryl methyl sites for hydroxylation is 1. The third kappa shape index (κ3) is 12.8. The molecule has 1 saturated heterocycles. The summed E-state index contributed by atoms with van der Waals surface area (Å²) in [6.45, 7) is 19.2. The number of hydrogen-bond donors (Lipinski definition) is 1. The van der Waals surface area contributed by atoms with Gasteiger partial charge >= 0.3 is 0 Å². The van der Waals surface area contributed by atoms with E-state index in [0.717, 1.165) is 51.3 Å². The highest BCUT2D eigenvalue weighted by Gasteiger charge is 2.23. The molecule has 2 aromatic heterocycles. The molecule has 3 unspecified atom stereocenters. The van der Waals surface area contributed by atoms with Crippen molar-refractivity contribution in [3.63, 3.8) is 0 Å². The number of thiophene rings is 1. The standard InChI is InChI=1S/C18H23NOS.C12H26N2O.C2H6/c1-3-15-9-10-16(11-12-17-7-5-13-21-17)19(15)18-8-4-6-14(2)20-18;1-4-8-14(10-7-13-11-15)9-6-12(3)5-2;1-2/h5,7,9-14,18H,3-4,6,8H2,1-2H3;11-12H,4-10H2,1-3H3,(H,13,15);1-2H3/b12-11+;;. The Morgan fingerprint density at radius 2 is 1.92 bits per heavy atom. The van der Waals surface area contributed by atoms with Crippen LogP contribution in [0.1, 0.15) is 109 Å². The molecule has 2 aromatic rings. The molecule has 1 amide bonds. The molecular formula is C32H55N3O2S. The second-order valence-electron chi connectivity index (χ2n) is 9.87. The van der Waals surface area contributed by atoms with Crippen molar-refractivity contribution in [1.82, 2.24) is 14.8 Å². The quantitative estimate of drug-likeness (QED) is 0.192. The molecule has 3 heterocycles. The minimum Gasteiger partial charge on any atom is -0.357 e. The fourth-order valence-electron chi connectivity index (χ4n) is 4.55. The molecule has 1 aliphatic rings. The van der Waals surface area contributed by atoms with Crippen LogP contribution in [0.15, 0.2) is 29.6 Å². The predicted octanol–water partition coefficient (Wildman–Crippen LogP) is 8.28. The zero-order chi connectivity index (χ0) is 28.2. The Hall–Kier alpha value is -1.89. The van der Waals surface area contributed by atoms with E-state index in [1.54, 1.807) is 11.3 Å². The Balaban J connectivity index is 0.000000378. The van der Waals surface area contributed by atoms with E-state index < -0.39 is 0 Å². The summed E-state index contributed by atoms with van der Waals surface area (Å²) in [5.41, 5.74) is 2.61. The van der Waals surface area contributed by atoms with Crippen LogP contribution in [0.2, 0.25) is 0 Å². The van der Waals surface area contributed by atoms with Crippen LogP contribution in [-0.4, -0.2) is 48.2 Å². The SMILES string of the molecule is CC.CCCN(CCNC=O)CCC(C)CC.CCc1ccc(/C=C/c2cccs2)n1C1CCCC(C)O1. The summed E-state index contributed by atoms with van der Waals surface area (Å²) in [4.78, 5) is 13.9. The van der Waals surface area contributed by atoms with Gasteiger partial charge in [0.1, 0.15) is 6.23 Å². The molecule has 1 fully saturated rings. The molecule has 5 nitrogen and oxygen atoms in total. The van der Waals surface area contributed by atoms with E-state index in [1.165, 1.54) is 48.4 Å². The maximum atomic E-state index is 10.1. The van der Waals surface area contributed by atoms with Gasteiger partial charge < -0.3 is 19.5 Å². The van der Waals surface area contributed by atoms with E-state index in [1.807, 2.05) is 13.8 Å². The fraction of sp³-hybridized carbons (Fsp3) is 0.656. The van der Waals surface area contributed by atoms with Crippen LogP contribution in [0, 0.1) is 5.92 Å². The minimum absolute atomic E-state index is 0.196. The monoisotopic (exact) mass is 545 g/mol. The van der Waals surface area contributed by atoms with E-state index in [-0.39, 0.29) is 6.23 Å². The Bertz CT molecular complexity index is 862. The number of nitrogens with one attached hydrogen (secondary N) is 1. The van der Waals surface area contributed by atoms with Gasteiger partial charge in [-0.05, 0) is 100 Å². The van der Waals surface area contributed by atoms with Crippen LogP contribution in [0.25, 0.3) is 12.2 Å². The van der Waals surface area contributed by atoms with Gasteiger partial charge in [0.15, 0.2) is 0 Å². The van der Waals surface area contributed by atoms with E-state index in [2.05, 4.69) is 91.2 Å². The summed E-state index contributed by atoms with van der Waals surface area (Å²) in [6, 6.07) is 8.68. The summed E-state index contributed by atoms with van der Waals surface area (Å²) in [5, 5.41) is 4.83. The Morgan fingerprint density at radius 1 is 1.13 bits per heavy atom. The second kappa shape index (κ2) is 21.0. The van der Waals surface area contributed by atoms with E-state index in [4.69, 9.17) is 4.74 Å². The summed E-state index contributed by atoms with van der Waals surface area (Å²) < 4.78 is 8.57. The summed E-state index contributed by atoms with van der Waals surface area (Å²) in [5.74, 6) is 0.809. The molecule has 3 atom stereocenters. The highest BCUT2D eigenvalue weighted by molar-refractivity contribution is 7.10. The number of hydrogen-bond acceptors (Lipinski definition) is 4. The van der Waals surface area contributed by atoms with Crippen molar-refractivity contribution in [2.24, 2.45) is 5.92 Å². The summed E-state index contributed by atoms with van der Waals surface area (Å²) >= 11 is 1.77. The smallest absolute Gasteiger partial charge is 0.207 e. The topological polar surface area (TPSA) is 46.5 Å². The largest absolute Gasteiger partial charge is 0.357 e. The number of ether oxygens (including phenoxy) is 1. The number of carbonyl (C=O) groups excluding carboxylic acids is 1. The Kier molecular flexibility index (Phi) is 18.9. The molecule has 0 saturated carbocycles. The highest BCUT2D eigenvalue weighted by atomic mass is 32.1. The molecule has 0 aromatic carbocycles. The summed E-state index contributed by atoms with van der Waals surface area (Å²) in [7, 11) is 0. The van der Waals surface area contributed by atoms with Gasteiger partial charge in [0.05, 0.1) is 6.10 Å². The molecule has 1 N–H and O–H groups in total. The first kappa shape index (κ1) is 34.1. The second-order valence-corrected chi connectivity index (χ2v) is 10.8. The van der Waals surface area contributed by atoms with Crippen molar-refractivity contribution in [2.75, 3.05) is 26.2 Å². The highest BCUT2D eigenvalue weighted by Crippen LogP contribution is 2.30. The molecule has 6 heteroatoms. The van der Waals surface area contributed by atoms with E-state index in [0.29, 0.717) is 6.10 Å². The van der Waals surface area contributed by atoms with Gasteiger partial charge in [0, 0.05) is 29.4 Å². The average Bonchev–Trinajstić information content (AvgIpc) is 3.61. The zero-order valence-electron chi connectivity index (χ0n) is 25.2. The molecular weight excluding hydrogens is 490 g/mol. The van der Waals surface area contributed by atoms with Crippen LogP contribution < -0.4 is 5.32 Å². The first-order chi connectivity index (χ1) is 18.5. The lowest BCUT2D eigenvalue weighted by atomic mass is 10.1. The number of amides is 1. The maximum Gasteiger partial charge on any atom is 0.207 e. The lowest BCUT2D eigenvalue weighted by Crippen LogP contribution is -2.33. The first-order valence-corrected chi connectivity index (χ1v) is 15.9. The van der Waals surface area contributed by atoms with E-state index >= 15 is 0 Å². The lowest BCUT2D eigenvalue weighted by Gasteiger charge is -2.31. The van der Waals surface area contributed by atoms with Crippen molar-refractivity contribution in [3.8, 4) is 0 Å². The Labute approximate surface area is 237 Å². The molecule has 38 heavy (non-hydrogen) atoms. The molecule has 0 radical (unpaired) electrons. The van der Waals surface area contributed by atoms with Crippen LogP contribution in [0.5, 0.6) is 0 Å². The van der Waals surface area contributed by atoms with Gasteiger partial charge in [-0.15, -0.1) is 11.3 Å². The maximum absolute atomic E-state index is 10.1.